The Morgan fingerprint density at radius 2 is 1.68 bits per heavy atom. The summed E-state index contributed by atoms with van der Waals surface area (Å²) in [6.45, 7) is 6.77. The van der Waals surface area contributed by atoms with E-state index in [0.717, 1.165) is 11.8 Å². The number of amides is 1. The molecule has 1 amide bonds. The van der Waals surface area contributed by atoms with Gasteiger partial charge in [0.2, 0.25) is 0 Å². The molecule has 1 aromatic heterocycles. The zero-order valence-electron chi connectivity index (χ0n) is 14.9. The molecule has 0 aliphatic carbocycles. The Hall–Kier alpha value is -2.41. The normalized spacial score (nSPS) is 12.7. The molecule has 0 aliphatic rings. The number of Topliss-reactive ketones (excluding diaryl/α,β-unsaturated/α-hetero) is 1. The van der Waals surface area contributed by atoms with E-state index in [0.29, 0.717) is 22.5 Å². The highest BCUT2D eigenvalue weighted by molar-refractivity contribution is 7.90. The Morgan fingerprint density at radius 1 is 1.12 bits per heavy atom. The molecule has 25 heavy (non-hydrogen) atoms. The standard InChI is InChI=1S/C18H22N2O4S/c1-10-16(13(4)21)12(3)19-17(10)18(22)20-11(2)14-6-8-15(9-7-14)25(5,23)24/h6-9,11,19H,1-5H3,(H,20,22)/t11-/m0/s1. The highest BCUT2D eigenvalue weighted by Gasteiger charge is 2.21. The molecular weight excluding hydrogens is 340 g/mol. The number of aryl methyl sites for hydroxylation is 1. The van der Waals surface area contributed by atoms with E-state index in [4.69, 9.17) is 0 Å². The van der Waals surface area contributed by atoms with Gasteiger partial charge in [0.1, 0.15) is 5.69 Å². The van der Waals surface area contributed by atoms with Gasteiger partial charge in [-0.25, -0.2) is 8.42 Å². The summed E-state index contributed by atoms with van der Waals surface area (Å²) in [4.78, 5) is 27.4. The van der Waals surface area contributed by atoms with Gasteiger partial charge >= 0.3 is 0 Å². The predicted octanol–water partition coefficient (Wildman–Crippen LogP) is 2.73. The maximum atomic E-state index is 12.5. The van der Waals surface area contributed by atoms with Crippen molar-refractivity contribution < 1.29 is 18.0 Å². The van der Waals surface area contributed by atoms with E-state index >= 15 is 0 Å². The lowest BCUT2D eigenvalue weighted by molar-refractivity contribution is 0.0934. The van der Waals surface area contributed by atoms with Gasteiger partial charge in [-0.1, -0.05) is 12.1 Å². The molecule has 7 heteroatoms. The highest BCUT2D eigenvalue weighted by Crippen LogP contribution is 2.20. The molecule has 2 rings (SSSR count). The van der Waals surface area contributed by atoms with Crippen molar-refractivity contribution in [3.63, 3.8) is 0 Å². The van der Waals surface area contributed by atoms with Crippen molar-refractivity contribution in [2.24, 2.45) is 0 Å². The molecule has 2 N–H and O–H groups in total. The van der Waals surface area contributed by atoms with E-state index in [1.807, 2.05) is 6.92 Å². The lowest BCUT2D eigenvalue weighted by atomic mass is 10.1. The van der Waals surface area contributed by atoms with Gasteiger partial charge in [0, 0.05) is 17.5 Å². The Labute approximate surface area is 147 Å². The zero-order valence-corrected chi connectivity index (χ0v) is 15.7. The predicted molar refractivity (Wildman–Crippen MR) is 95.7 cm³/mol. The van der Waals surface area contributed by atoms with Crippen LogP contribution in [0, 0.1) is 13.8 Å². The molecule has 6 nitrogen and oxygen atoms in total. The summed E-state index contributed by atoms with van der Waals surface area (Å²) in [7, 11) is -3.25. The third kappa shape index (κ3) is 3.99. The highest BCUT2D eigenvalue weighted by atomic mass is 32.2. The number of sulfone groups is 1. The van der Waals surface area contributed by atoms with E-state index in [1.165, 1.54) is 19.1 Å². The summed E-state index contributed by atoms with van der Waals surface area (Å²) in [5.41, 5.74) is 2.98. The van der Waals surface area contributed by atoms with Crippen LogP contribution >= 0.6 is 0 Å². The van der Waals surface area contributed by atoms with E-state index in [-0.39, 0.29) is 22.6 Å². The minimum Gasteiger partial charge on any atom is -0.354 e. The number of aromatic amines is 1. The third-order valence-corrected chi connectivity index (χ3v) is 5.30. The van der Waals surface area contributed by atoms with Crippen LogP contribution in [0.2, 0.25) is 0 Å². The second-order valence-electron chi connectivity index (χ2n) is 6.22. The van der Waals surface area contributed by atoms with Gasteiger partial charge in [-0.15, -0.1) is 0 Å². The second kappa shape index (κ2) is 6.84. The first-order valence-electron chi connectivity index (χ1n) is 7.83. The lowest BCUT2D eigenvalue weighted by Gasteiger charge is -2.14. The number of nitrogens with one attached hydrogen (secondary N) is 2. The Bertz CT molecular complexity index is 925. The number of H-pyrrole nitrogens is 1. The van der Waals surface area contributed by atoms with Crippen molar-refractivity contribution in [2.75, 3.05) is 6.26 Å². The number of hydrogen-bond donors (Lipinski definition) is 2. The fourth-order valence-electron chi connectivity index (χ4n) is 2.86. The monoisotopic (exact) mass is 362 g/mol. The van der Waals surface area contributed by atoms with Crippen LogP contribution < -0.4 is 5.32 Å². The van der Waals surface area contributed by atoms with Gasteiger partial charge in [-0.3, -0.25) is 9.59 Å². The largest absolute Gasteiger partial charge is 0.354 e. The molecular formula is C18H22N2O4S. The minimum absolute atomic E-state index is 0.0882. The summed E-state index contributed by atoms with van der Waals surface area (Å²) >= 11 is 0. The quantitative estimate of drug-likeness (QED) is 0.799. The van der Waals surface area contributed by atoms with Crippen molar-refractivity contribution in [3.8, 4) is 0 Å². The number of ketones is 1. The molecule has 1 heterocycles. The van der Waals surface area contributed by atoms with Crippen molar-refractivity contribution >= 4 is 21.5 Å². The van der Waals surface area contributed by atoms with Crippen LogP contribution in [-0.4, -0.2) is 31.3 Å². The molecule has 0 spiro atoms. The molecule has 0 bridgehead atoms. The zero-order chi connectivity index (χ0) is 18.9. The van der Waals surface area contributed by atoms with Crippen molar-refractivity contribution in [2.45, 2.75) is 38.6 Å². The molecule has 0 aliphatic heterocycles. The van der Waals surface area contributed by atoms with Crippen molar-refractivity contribution in [1.29, 1.82) is 0 Å². The summed E-state index contributed by atoms with van der Waals surface area (Å²) in [6, 6.07) is 6.07. The number of hydrogen-bond acceptors (Lipinski definition) is 4. The Balaban J connectivity index is 2.21. The first-order valence-corrected chi connectivity index (χ1v) is 9.72. The average molecular weight is 362 g/mol. The SMILES string of the molecule is CC(=O)c1c(C)[nH]c(C(=O)N[C@@H](C)c2ccc(S(C)(=O)=O)cc2)c1C. The van der Waals surface area contributed by atoms with Crippen LogP contribution in [0.3, 0.4) is 0 Å². The van der Waals surface area contributed by atoms with Crippen LogP contribution in [0.1, 0.15) is 57.6 Å². The van der Waals surface area contributed by atoms with Crippen molar-refractivity contribution in [1.82, 2.24) is 10.3 Å². The average Bonchev–Trinajstić information content (AvgIpc) is 2.81. The molecule has 0 saturated carbocycles. The number of rotatable bonds is 5. The van der Waals surface area contributed by atoms with Crippen LogP contribution in [0.5, 0.6) is 0 Å². The molecule has 2 aromatic rings. The van der Waals surface area contributed by atoms with Crippen molar-refractivity contribution in [3.05, 3.63) is 52.3 Å². The molecule has 0 saturated heterocycles. The number of carbonyl (C=O) groups excluding carboxylic acids is 2. The fraction of sp³-hybridized carbons (Fsp3) is 0.333. The minimum atomic E-state index is -3.25. The summed E-state index contributed by atoms with van der Waals surface area (Å²) in [5.74, 6) is -0.400. The fourth-order valence-corrected chi connectivity index (χ4v) is 3.49. The van der Waals surface area contributed by atoms with Gasteiger partial charge in [0.05, 0.1) is 10.9 Å². The molecule has 0 unspecified atom stereocenters. The van der Waals surface area contributed by atoms with Crippen LogP contribution in [0.25, 0.3) is 0 Å². The first kappa shape index (κ1) is 18.9. The van der Waals surface area contributed by atoms with E-state index < -0.39 is 9.84 Å². The number of benzene rings is 1. The topological polar surface area (TPSA) is 96.1 Å². The number of aromatic nitrogens is 1. The maximum Gasteiger partial charge on any atom is 0.268 e. The summed E-state index contributed by atoms with van der Waals surface area (Å²) < 4.78 is 23.0. The molecule has 0 fully saturated rings. The maximum absolute atomic E-state index is 12.5. The van der Waals surface area contributed by atoms with E-state index in [9.17, 15) is 18.0 Å². The van der Waals surface area contributed by atoms with Crippen LogP contribution in [-0.2, 0) is 9.84 Å². The second-order valence-corrected chi connectivity index (χ2v) is 8.23. The Kier molecular flexibility index (Phi) is 5.17. The Morgan fingerprint density at radius 3 is 2.12 bits per heavy atom. The van der Waals surface area contributed by atoms with E-state index in [1.54, 1.807) is 26.0 Å². The summed E-state index contributed by atoms with van der Waals surface area (Å²) in [6.07, 6.45) is 1.15. The first-order chi connectivity index (χ1) is 11.5. The van der Waals surface area contributed by atoms with Gasteiger partial charge in [0.15, 0.2) is 15.6 Å². The summed E-state index contributed by atoms with van der Waals surface area (Å²) in [5, 5.41) is 2.86. The lowest BCUT2D eigenvalue weighted by Crippen LogP contribution is -2.27. The molecule has 0 radical (unpaired) electrons. The van der Waals surface area contributed by atoms with Gasteiger partial charge in [0.25, 0.3) is 5.91 Å². The van der Waals surface area contributed by atoms with E-state index in [2.05, 4.69) is 10.3 Å². The molecule has 1 atom stereocenters. The van der Waals surface area contributed by atoms with Gasteiger partial charge in [-0.2, -0.15) is 0 Å². The molecule has 134 valence electrons. The molecule has 1 aromatic carbocycles. The van der Waals surface area contributed by atoms with Crippen LogP contribution in [0.4, 0.5) is 0 Å². The smallest absolute Gasteiger partial charge is 0.268 e. The third-order valence-electron chi connectivity index (χ3n) is 4.17. The van der Waals surface area contributed by atoms with Gasteiger partial charge < -0.3 is 10.3 Å². The number of carbonyl (C=O) groups is 2. The van der Waals surface area contributed by atoms with Crippen LogP contribution in [0.15, 0.2) is 29.2 Å². The van der Waals surface area contributed by atoms with Gasteiger partial charge in [-0.05, 0) is 51.0 Å².